The molecule has 2 rings (SSSR count). The van der Waals surface area contributed by atoms with Gasteiger partial charge in [0.15, 0.2) is 11.5 Å². The first-order valence-electron chi connectivity index (χ1n) is 4.25. The second-order valence-corrected chi connectivity index (χ2v) is 2.90. The minimum Gasteiger partial charge on any atom is -0.493 e. The Balaban J connectivity index is 2.43. The summed E-state index contributed by atoms with van der Waals surface area (Å²) in [7, 11) is 1.56. The number of carbonyl (C=O) groups is 1. The van der Waals surface area contributed by atoms with Gasteiger partial charge in [-0.05, 0) is 17.7 Å². The summed E-state index contributed by atoms with van der Waals surface area (Å²) in [6, 6.07) is 3.57. The van der Waals surface area contributed by atoms with Crippen LogP contribution in [0.15, 0.2) is 12.1 Å². The molecule has 0 atom stereocenters. The van der Waals surface area contributed by atoms with E-state index in [-0.39, 0.29) is 6.79 Å². The summed E-state index contributed by atoms with van der Waals surface area (Å²) in [5.74, 6) is 1.86. The third kappa shape index (κ3) is 1.39. The van der Waals surface area contributed by atoms with Crippen LogP contribution in [0.4, 0.5) is 0 Å². The van der Waals surface area contributed by atoms with Crippen LogP contribution in [0.3, 0.4) is 0 Å². The van der Waals surface area contributed by atoms with Crippen LogP contribution in [0.5, 0.6) is 17.2 Å². The van der Waals surface area contributed by atoms with Crippen molar-refractivity contribution < 1.29 is 19.0 Å². The molecule has 0 aliphatic carbocycles. The predicted octanol–water partition coefficient (Wildman–Crippen LogP) is 1.17. The number of rotatable bonds is 3. The predicted molar refractivity (Wildman–Crippen MR) is 48.9 cm³/mol. The third-order valence-corrected chi connectivity index (χ3v) is 2.04. The zero-order chi connectivity index (χ0) is 9.97. The van der Waals surface area contributed by atoms with Crippen molar-refractivity contribution in [2.75, 3.05) is 13.9 Å². The van der Waals surface area contributed by atoms with Crippen molar-refractivity contribution in [3.63, 3.8) is 0 Å². The highest BCUT2D eigenvalue weighted by Gasteiger charge is 2.19. The van der Waals surface area contributed by atoms with Gasteiger partial charge in [-0.25, -0.2) is 0 Å². The average molecular weight is 194 g/mol. The molecule has 0 N–H and O–H groups in total. The van der Waals surface area contributed by atoms with E-state index in [0.717, 1.165) is 11.8 Å². The number of benzene rings is 1. The maximum atomic E-state index is 10.4. The molecule has 1 aromatic rings. The molecule has 1 heterocycles. The first-order valence-corrected chi connectivity index (χ1v) is 4.25. The first-order chi connectivity index (χ1) is 6.85. The number of hydrogen-bond donors (Lipinski definition) is 0. The molecule has 4 nitrogen and oxygen atoms in total. The highest BCUT2D eigenvalue weighted by atomic mass is 16.7. The summed E-state index contributed by atoms with van der Waals surface area (Å²) in [4.78, 5) is 10.4. The molecule has 4 heteroatoms. The number of methoxy groups -OCH3 is 1. The molecule has 1 aliphatic heterocycles. The van der Waals surface area contributed by atoms with Gasteiger partial charge in [0, 0.05) is 6.42 Å². The lowest BCUT2D eigenvalue weighted by molar-refractivity contribution is -0.107. The van der Waals surface area contributed by atoms with Gasteiger partial charge in [0.1, 0.15) is 6.29 Å². The van der Waals surface area contributed by atoms with Gasteiger partial charge >= 0.3 is 0 Å². The summed E-state index contributed by atoms with van der Waals surface area (Å²) < 4.78 is 15.6. The van der Waals surface area contributed by atoms with Crippen molar-refractivity contribution in [3.8, 4) is 17.2 Å². The smallest absolute Gasteiger partial charge is 0.231 e. The molecule has 0 bridgehead atoms. The van der Waals surface area contributed by atoms with Crippen molar-refractivity contribution in [2.24, 2.45) is 0 Å². The number of carbonyl (C=O) groups excluding carboxylic acids is 1. The molecular formula is C10H10O4. The SMILES string of the molecule is COc1cc(CC=O)cc2c1OCO2. The summed E-state index contributed by atoms with van der Waals surface area (Å²) in [6.45, 7) is 0.205. The van der Waals surface area contributed by atoms with E-state index >= 15 is 0 Å². The molecule has 0 fully saturated rings. The lowest BCUT2D eigenvalue weighted by Crippen LogP contribution is -1.93. The van der Waals surface area contributed by atoms with Crippen molar-refractivity contribution in [1.29, 1.82) is 0 Å². The fraction of sp³-hybridized carbons (Fsp3) is 0.300. The molecule has 0 spiro atoms. The Morgan fingerprint density at radius 2 is 2.36 bits per heavy atom. The Hall–Kier alpha value is -1.71. The van der Waals surface area contributed by atoms with Crippen LogP contribution in [-0.4, -0.2) is 20.2 Å². The maximum absolute atomic E-state index is 10.4. The van der Waals surface area contributed by atoms with Gasteiger partial charge in [-0.15, -0.1) is 0 Å². The summed E-state index contributed by atoms with van der Waals surface area (Å²) in [5.41, 5.74) is 0.862. The first kappa shape index (κ1) is 8.87. The molecule has 0 radical (unpaired) electrons. The molecule has 0 aromatic heterocycles. The zero-order valence-electron chi connectivity index (χ0n) is 7.78. The van der Waals surface area contributed by atoms with Gasteiger partial charge in [0.05, 0.1) is 7.11 Å². The maximum Gasteiger partial charge on any atom is 0.231 e. The zero-order valence-corrected chi connectivity index (χ0v) is 7.78. The minimum absolute atomic E-state index is 0.205. The van der Waals surface area contributed by atoms with Crippen molar-refractivity contribution in [1.82, 2.24) is 0 Å². The highest BCUT2D eigenvalue weighted by Crippen LogP contribution is 2.41. The van der Waals surface area contributed by atoms with Crippen LogP contribution in [0.25, 0.3) is 0 Å². The van der Waals surface area contributed by atoms with Crippen LogP contribution >= 0.6 is 0 Å². The Kier molecular flexibility index (Phi) is 2.26. The topological polar surface area (TPSA) is 44.8 Å². The van der Waals surface area contributed by atoms with Crippen molar-refractivity contribution >= 4 is 6.29 Å². The van der Waals surface area contributed by atoms with E-state index in [0.29, 0.717) is 23.7 Å². The Bertz CT molecular complexity index is 359. The summed E-state index contributed by atoms with van der Waals surface area (Å²) in [5, 5.41) is 0. The quantitative estimate of drug-likeness (QED) is 0.677. The van der Waals surface area contributed by atoms with Crippen LogP contribution in [0.1, 0.15) is 5.56 Å². The second-order valence-electron chi connectivity index (χ2n) is 2.90. The van der Waals surface area contributed by atoms with Gasteiger partial charge < -0.3 is 19.0 Å². The Labute approximate surface area is 81.4 Å². The van der Waals surface area contributed by atoms with E-state index in [9.17, 15) is 4.79 Å². The molecule has 1 aromatic carbocycles. The standard InChI is InChI=1S/C10H10O4/c1-12-8-4-7(2-3-11)5-9-10(8)14-6-13-9/h3-5H,2,6H2,1H3. The van der Waals surface area contributed by atoms with E-state index < -0.39 is 0 Å². The molecule has 74 valence electrons. The number of ether oxygens (including phenoxy) is 3. The Morgan fingerprint density at radius 3 is 3.07 bits per heavy atom. The average Bonchev–Trinajstić information content (AvgIpc) is 2.65. The third-order valence-electron chi connectivity index (χ3n) is 2.04. The summed E-state index contributed by atoms with van der Waals surface area (Å²) >= 11 is 0. The van der Waals surface area contributed by atoms with E-state index in [2.05, 4.69) is 0 Å². The van der Waals surface area contributed by atoms with Crippen LogP contribution < -0.4 is 14.2 Å². The van der Waals surface area contributed by atoms with E-state index in [1.165, 1.54) is 0 Å². The number of aldehydes is 1. The Morgan fingerprint density at radius 1 is 1.50 bits per heavy atom. The molecular weight excluding hydrogens is 184 g/mol. The fourth-order valence-corrected chi connectivity index (χ4v) is 1.40. The summed E-state index contributed by atoms with van der Waals surface area (Å²) in [6.07, 6.45) is 1.20. The van der Waals surface area contributed by atoms with Crippen molar-refractivity contribution in [3.05, 3.63) is 17.7 Å². The molecule has 0 saturated carbocycles. The lowest BCUT2D eigenvalue weighted by atomic mass is 10.1. The number of fused-ring (bicyclic) bond motifs is 1. The molecule has 0 amide bonds. The molecule has 0 saturated heterocycles. The largest absolute Gasteiger partial charge is 0.493 e. The van der Waals surface area contributed by atoms with Gasteiger partial charge in [0.25, 0.3) is 0 Å². The van der Waals surface area contributed by atoms with Crippen LogP contribution in [-0.2, 0) is 11.2 Å². The van der Waals surface area contributed by atoms with Gasteiger partial charge in [0.2, 0.25) is 12.5 Å². The highest BCUT2D eigenvalue weighted by molar-refractivity contribution is 5.61. The number of hydrogen-bond acceptors (Lipinski definition) is 4. The monoisotopic (exact) mass is 194 g/mol. The van der Waals surface area contributed by atoms with E-state index in [4.69, 9.17) is 14.2 Å². The normalized spacial score (nSPS) is 12.6. The molecule has 0 unspecified atom stereocenters. The van der Waals surface area contributed by atoms with Gasteiger partial charge in [-0.2, -0.15) is 0 Å². The lowest BCUT2D eigenvalue weighted by Gasteiger charge is -2.05. The van der Waals surface area contributed by atoms with E-state index in [1.54, 1.807) is 19.2 Å². The van der Waals surface area contributed by atoms with Crippen molar-refractivity contribution in [2.45, 2.75) is 6.42 Å². The van der Waals surface area contributed by atoms with Crippen LogP contribution in [0.2, 0.25) is 0 Å². The minimum atomic E-state index is 0.205. The van der Waals surface area contributed by atoms with Crippen LogP contribution in [0, 0.1) is 0 Å². The second kappa shape index (κ2) is 3.57. The fourth-order valence-electron chi connectivity index (χ4n) is 1.40. The van der Waals surface area contributed by atoms with Gasteiger partial charge in [-0.3, -0.25) is 0 Å². The van der Waals surface area contributed by atoms with E-state index in [1.807, 2.05) is 0 Å². The molecule has 14 heavy (non-hydrogen) atoms. The van der Waals surface area contributed by atoms with Gasteiger partial charge in [-0.1, -0.05) is 0 Å². The molecule has 1 aliphatic rings.